The Kier molecular flexibility index (Phi) is 4.56. The summed E-state index contributed by atoms with van der Waals surface area (Å²) in [6, 6.07) is 11.8. The number of aryl methyl sites for hydroxylation is 1. The lowest BCUT2D eigenvalue weighted by Gasteiger charge is -2.26. The molecular formula is C22H21N3O4. The highest BCUT2D eigenvalue weighted by Crippen LogP contribution is 2.45. The van der Waals surface area contributed by atoms with Gasteiger partial charge in [0.15, 0.2) is 11.5 Å². The lowest BCUT2D eigenvalue weighted by atomic mass is 9.84. The summed E-state index contributed by atoms with van der Waals surface area (Å²) >= 11 is 0. The number of nitrogens with one attached hydrogen (secondary N) is 1. The van der Waals surface area contributed by atoms with E-state index in [1.807, 2.05) is 47.2 Å². The molecule has 7 heteroatoms. The van der Waals surface area contributed by atoms with Gasteiger partial charge in [0, 0.05) is 43.0 Å². The minimum Gasteiger partial charge on any atom is -0.494 e. The average molecular weight is 391 g/mol. The zero-order valence-electron chi connectivity index (χ0n) is 15.8. The van der Waals surface area contributed by atoms with Gasteiger partial charge in [-0.25, -0.2) is 4.98 Å². The van der Waals surface area contributed by atoms with Crippen LogP contribution in [0.15, 0.2) is 55.1 Å². The van der Waals surface area contributed by atoms with Gasteiger partial charge in [0.2, 0.25) is 12.7 Å². The SMILES string of the molecule is O=C1CC(c2cccc(OCCCn3ccnc3)c2)c2cc3c(cc2N1)OCO3. The molecular weight excluding hydrogens is 370 g/mol. The molecule has 2 aliphatic rings. The highest BCUT2D eigenvalue weighted by Gasteiger charge is 2.30. The number of ether oxygens (including phenoxy) is 3. The summed E-state index contributed by atoms with van der Waals surface area (Å²) < 4.78 is 18.9. The predicted molar refractivity (Wildman–Crippen MR) is 106 cm³/mol. The summed E-state index contributed by atoms with van der Waals surface area (Å²) in [6.07, 6.45) is 6.79. The molecule has 1 amide bonds. The molecule has 29 heavy (non-hydrogen) atoms. The van der Waals surface area contributed by atoms with Crippen molar-refractivity contribution in [3.8, 4) is 17.2 Å². The molecule has 0 aliphatic carbocycles. The molecule has 1 atom stereocenters. The van der Waals surface area contributed by atoms with E-state index in [-0.39, 0.29) is 18.6 Å². The molecule has 3 aromatic rings. The van der Waals surface area contributed by atoms with Crippen LogP contribution in [0.5, 0.6) is 17.2 Å². The number of anilines is 1. The highest BCUT2D eigenvalue weighted by molar-refractivity contribution is 5.96. The van der Waals surface area contributed by atoms with E-state index in [1.165, 1.54) is 0 Å². The molecule has 5 rings (SSSR count). The van der Waals surface area contributed by atoms with E-state index in [0.717, 1.165) is 41.3 Å². The van der Waals surface area contributed by atoms with Gasteiger partial charge in [0.1, 0.15) is 5.75 Å². The molecule has 0 spiro atoms. The average Bonchev–Trinajstić information content (AvgIpc) is 3.41. The summed E-state index contributed by atoms with van der Waals surface area (Å²) in [7, 11) is 0. The smallest absolute Gasteiger partial charge is 0.231 e. The fourth-order valence-corrected chi connectivity index (χ4v) is 3.83. The standard InChI is InChI=1S/C22H21N3O4/c26-22-11-17(18-10-20-21(29-14-28-20)12-19(18)24-22)15-3-1-4-16(9-15)27-8-2-6-25-7-5-23-13-25/h1,3-5,7,9-10,12-13,17H,2,6,8,11,14H2,(H,24,26). The van der Waals surface area contributed by atoms with Gasteiger partial charge in [-0.1, -0.05) is 12.1 Å². The minimum absolute atomic E-state index is 0.00646. The van der Waals surface area contributed by atoms with E-state index in [2.05, 4.69) is 10.3 Å². The number of hydrogen-bond acceptors (Lipinski definition) is 5. The van der Waals surface area contributed by atoms with Crippen molar-refractivity contribution in [1.29, 1.82) is 0 Å². The molecule has 1 aromatic heterocycles. The Morgan fingerprint density at radius 2 is 2.10 bits per heavy atom. The third kappa shape index (κ3) is 3.63. The fraction of sp³-hybridized carbons (Fsp3) is 0.273. The van der Waals surface area contributed by atoms with E-state index in [4.69, 9.17) is 14.2 Å². The third-order valence-electron chi connectivity index (χ3n) is 5.23. The maximum absolute atomic E-state index is 12.3. The maximum atomic E-state index is 12.3. The van der Waals surface area contributed by atoms with Crippen molar-refractivity contribution in [2.45, 2.75) is 25.3 Å². The van der Waals surface area contributed by atoms with Gasteiger partial charge in [-0.3, -0.25) is 4.79 Å². The number of imidazole rings is 1. The van der Waals surface area contributed by atoms with Crippen molar-refractivity contribution in [2.75, 3.05) is 18.7 Å². The molecule has 0 bridgehead atoms. The van der Waals surface area contributed by atoms with Gasteiger partial charge < -0.3 is 24.1 Å². The largest absolute Gasteiger partial charge is 0.494 e. The van der Waals surface area contributed by atoms with Gasteiger partial charge in [0.25, 0.3) is 0 Å². The molecule has 0 saturated carbocycles. The number of fused-ring (bicyclic) bond motifs is 2. The van der Waals surface area contributed by atoms with Gasteiger partial charge in [0.05, 0.1) is 12.9 Å². The van der Waals surface area contributed by atoms with Gasteiger partial charge in [-0.2, -0.15) is 0 Å². The lowest BCUT2D eigenvalue weighted by Crippen LogP contribution is -2.23. The van der Waals surface area contributed by atoms with Crippen molar-refractivity contribution < 1.29 is 19.0 Å². The van der Waals surface area contributed by atoms with Gasteiger partial charge >= 0.3 is 0 Å². The van der Waals surface area contributed by atoms with Crippen LogP contribution in [0, 0.1) is 0 Å². The summed E-state index contributed by atoms with van der Waals surface area (Å²) in [4.78, 5) is 16.3. The molecule has 2 aliphatic heterocycles. The van der Waals surface area contributed by atoms with Crippen molar-refractivity contribution in [3.05, 3.63) is 66.2 Å². The minimum atomic E-state index is -0.0530. The number of rotatable bonds is 6. The Morgan fingerprint density at radius 3 is 2.97 bits per heavy atom. The number of amides is 1. The van der Waals surface area contributed by atoms with Crippen molar-refractivity contribution in [2.24, 2.45) is 0 Å². The van der Waals surface area contributed by atoms with Gasteiger partial charge in [-0.15, -0.1) is 0 Å². The highest BCUT2D eigenvalue weighted by atomic mass is 16.7. The summed E-state index contributed by atoms with van der Waals surface area (Å²) in [5.74, 6) is 2.13. The first-order valence-electron chi connectivity index (χ1n) is 9.68. The number of nitrogens with zero attached hydrogens (tertiary/aromatic N) is 2. The van der Waals surface area contributed by atoms with Crippen molar-refractivity contribution in [1.82, 2.24) is 9.55 Å². The summed E-state index contributed by atoms with van der Waals surface area (Å²) in [5.41, 5.74) is 2.86. The predicted octanol–water partition coefficient (Wildman–Crippen LogP) is 3.56. The number of carbonyl (C=O) groups excluding carboxylic acids is 1. The van der Waals surface area contributed by atoms with Crippen LogP contribution >= 0.6 is 0 Å². The third-order valence-corrected chi connectivity index (χ3v) is 5.23. The second-order valence-corrected chi connectivity index (χ2v) is 7.17. The Balaban J connectivity index is 1.33. The van der Waals surface area contributed by atoms with Crippen LogP contribution in [-0.2, 0) is 11.3 Å². The Bertz CT molecular complexity index is 1030. The Labute approximate surface area is 168 Å². The van der Waals surface area contributed by atoms with Gasteiger partial charge in [-0.05, 0) is 35.7 Å². The fourth-order valence-electron chi connectivity index (χ4n) is 3.83. The second-order valence-electron chi connectivity index (χ2n) is 7.17. The molecule has 0 fully saturated rings. The van der Waals surface area contributed by atoms with Crippen LogP contribution in [0.25, 0.3) is 0 Å². The molecule has 0 saturated heterocycles. The van der Waals surface area contributed by atoms with Crippen molar-refractivity contribution in [3.63, 3.8) is 0 Å². The van der Waals surface area contributed by atoms with E-state index in [1.54, 1.807) is 12.5 Å². The Morgan fingerprint density at radius 1 is 1.21 bits per heavy atom. The molecule has 2 aromatic carbocycles. The topological polar surface area (TPSA) is 74.6 Å². The first-order chi connectivity index (χ1) is 14.3. The van der Waals surface area contributed by atoms with Crippen LogP contribution in [0.4, 0.5) is 5.69 Å². The first kappa shape index (κ1) is 17.6. The van der Waals surface area contributed by atoms with E-state index >= 15 is 0 Å². The van der Waals surface area contributed by atoms with Crippen molar-refractivity contribution >= 4 is 11.6 Å². The normalized spacial score (nSPS) is 17.0. The first-order valence-corrected chi connectivity index (χ1v) is 9.68. The molecule has 0 radical (unpaired) electrons. The van der Waals surface area contributed by atoms with Crippen LogP contribution in [0.1, 0.15) is 29.9 Å². The van der Waals surface area contributed by atoms with Crippen LogP contribution in [0.2, 0.25) is 0 Å². The number of aromatic nitrogens is 2. The van der Waals surface area contributed by atoms with Crippen LogP contribution in [0.3, 0.4) is 0 Å². The molecule has 1 N–H and O–H groups in total. The zero-order chi connectivity index (χ0) is 19.6. The quantitative estimate of drug-likeness (QED) is 0.651. The van der Waals surface area contributed by atoms with E-state index in [9.17, 15) is 4.79 Å². The summed E-state index contributed by atoms with van der Waals surface area (Å²) in [6.45, 7) is 1.68. The molecule has 148 valence electrons. The second kappa shape index (κ2) is 7.50. The zero-order valence-corrected chi connectivity index (χ0v) is 15.8. The van der Waals surface area contributed by atoms with Crippen LogP contribution in [-0.4, -0.2) is 28.9 Å². The lowest BCUT2D eigenvalue weighted by molar-refractivity contribution is -0.116. The molecule has 1 unspecified atom stereocenters. The number of hydrogen-bond donors (Lipinski definition) is 1. The van der Waals surface area contributed by atoms with Crippen LogP contribution < -0.4 is 19.5 Å². The molecule has 7 nitrogen and oxygen atoms in total. The number of carbonyl (C=O) groups is 1. The number of benzene rings is 2. The van der Waals surface area contributed by atoms with E-state index in [0.29, 0.717) is 18.8 Å². The molecule has 3 heterocycles. The Hall–Kier alpha value is -3.48. The summed E-state index contributed by atoms with van der Waals surface area (Å²) in [5, 5.41) is 2.95. The van der Waals surface area contributed by atoms with E-state index < -0.39 is 0 Å². The monoisotopic (exact) mass is 391 g/mol. The maximum Gasteiger partial charge on any atom is 0.231 e.